The first-order chi connectivity index (χ1) is 12.5. The third kappa shape index (κ3) is 7.29. The number of hydrogen-bond donors (Lipinski definition) is 2. The number of guanidine groups is 1. The maximum atomic E-state index is 11.9. The average Bonchev–Trinajstić information content (AvgIpc) is 2.65. The van der Waals surface area contributed by atoms with Crippen LogP contribution in [0.2, 0.25) is 0 Å². The van der Waals surface area contributed by atoms with E-state index in [1.807, 2.05) is 19.1 Å². The maximum absolute atomic E-state index is 11.9. The monoisotopic (exact) mass is 488 g/mol. The fraction of sp³-hybridized carbons (Fsp3) is 0.600. The predicted octanol–water partition coefficient (Wildman–Crippen LogP) is 2.87. The summed E-state index contributed by atoms with van der Waals surface area (Å²) in [5, 5.41) is 6.29. The Morgan fingerprint density at radius 2 is 2.15 bits per heavy atom. The molecule has 0 spiro atoms. The molecule has 1 aliphatic rings. The molecule has 2 rings (SSSR count). The second-order valence-electron chi connectivity index (χ2n) is 6.76. The first kappa shape index (κ1) is 23.7. The van der Waals surface area contributed by atoms with Crippen LogP contribution in [-0.4, -0.2) is 56.1 Å². The number of amides is 1. The Morgan fingerprint density at radius 3 is 2.81 bits per heavy atom. The number of ether oxygens (including phenoxy) is 1. The van der Waals surface area contributed by atoms with E-state index < -0.39 is 0 Å². The van der Waals surface area contributed by atoms with Gasteiger partial charge in [-0.15, -0.1) is 24.0 Å². The van der Waals surface area contributed by atoms with E-state index in [2.05, 4.69) is 46.5 Å². The minimum atomic E-state index is 0. The van der Waals surface area contributed by atoms with Crippen LogP contribution in [0.25, 0.3) is 0 Å². The fourth-order valence-corrected chi connectivity index (χ4v) is 3.05. The van der Waals surface area contributed by atoms with Crippen LogP contribution >= 0.6 is 24.0 Å². The van der Waals surface area contributed by atoms with E-state index in [-0.39, 0.29) is 42.0 Å². The number of morpholine rings is 1. The zero-order valence-electron chi connectivity index (χ0n) is 16.8. The summed E-state index contributed by atoms with van der Waals surface area (Å²) in [6.45, 7) is 8.97. The molecular weight excluding hydrogens is 455 g/mol. The van der Waals surface area contributed by atoms with Gasteiger partial charge in [0, 0.05) is 32.6 Å². The number of benzene rings is 1. The van der Waals surface area contributed by atoms with Crippen LogP contribution in [0.4, 0.5) is 0 Å². The second-order valence-corrected chi connectivity index (χ2v) is 6.76. The minimum Gasteiger partial charge on any atom is -0.370 e. The Bertz CT molecular complexity index is 624. The molecule has 1 saturated heterocycles. The van der Waals surface area contributed by atoms with Crippen molar-refractivity contribution in [1.29, 1.82) is 0 Å². The van der Waals surface area contributed by atoms with Crippen molar-refractivity contribution in [3.63, 3.8) is 0 Å². The molecule has 7 heteroatoms. The Labute approximate surface area is 180 Å². The van der Waals surface area contributed by atoms with Crippen molar-refractivity contribution in [3.8, 4) is 0 Å². The smallest absolute Gasteiger partial charge is 0.221 e. The van der Waals surface area contributed by atoms with Crippen LogP contribution in [0.1, 0.15) is 43.9 Å². The van der Waals surface area contributed by atoms with Gasteiger partial charge in [-0.05, 0) is 31.4 Å². The molecule has 0 saturated carbocycles. The van der Waals surface area contributed by atoms with Gasteiger partial charge in [0.05, 0.1) is 13.2 Å². The minimum absolute atomic E-state index is 0. The van der Waals surface area contributed by atoms with E-state index in [1.54, 1.807) is 7.05 Å². The highest BCUT2D eigenvalue weighted by Crippen LogP contribution is 2.24. The second kappa shape index (κ2) is 12.2. The molecule has 1 aromatic rings. The molecule has 0 bridgehead atoms. The summed E-state index contributed by atoms with van der Waals surface area (Å²) in [4.78, 5) is 18.5. The van der Waals surface area contributed by atoms with Gasteiger partial charge in [0.25, 0.3) is 0 Å². The molecule has 1 amide bonds. The largest absolute Gasteiger partial charge is 0.370 e. The average molecular weight is 488 g/mol. The van der Waals surface area contributed by atoms with Crippen LogP contribution in [0, 0.1) is 6.92 Å². The lowest BCUT2D eigenvalue weighted by Gasteiger charge is -2.35. The SMILES string of the molecule is CCC(C)NC(=O)CCNC(=NC)N1CCOC(c2ccccc2C)C1.I. The van der Waals surface area contributed by atoms with Crippen molar-refractivity contribution in [3.05, 3.63) is 35.4 Å². The van der Waals surface area contributed by atoms with Gasteiger partial charge in [0.1, 0.15) is 6.10 Å². The number of aryl methyl sites for hydroxylation is 1. The summed E-state index contributed by atoms with van der Waals surface area (Å²) >= 11 is 0. The molecule has 27 heavy (non-hydrogen) atoms. The first-order valence-corrected chi connectivity index (χ1v) is 9.47. The fourth-order valence-electron chi connectivity index (χ4n) is 3.05. The predicted molar refractivity (Wildman–Crippen MR) is 121 cm³/mol. The van der Waals surface area contributed by atoms with Crippen molar-refractivity contribution < 1.29 is 9.53 Å². The van der Waals surface area contributed by atoms with Crippen molar-refractivity contribution in [2.45, 2.75) is 45.8 Å². The number of nitrogens with zero attached hydrogens (tertiary/aromatic N) is 2. The number of nitrogens with one attached hydrogen (secondary N) is 2. The van der Waals surface area contributed by atoms with Crippen LogP contribution in [0.15, 0.2) is 29.3 Å². The van der Waals surface area contributed by atoms with Crippen LogP contribution in [0.3, 0.4) is 0 Å². The van der Waals surface area contributed by atoms with Gasteiger partial charge < -0.3 is 20.3 Å². The number of aliphatic imine (C=N–C) groups is 1. The van der Waals surface area contributed by atoms with E-state index in [4.69, 9.17) is 4.74 Å². The van der Waals surface area contributed by atoms with Gasteiger partial charge in [-0.1, -0.05) is 31.2 Å². The van der Waals surface area contributed by atoms with Gasteiger partial charge in [0.15, 0.2) is 5.96 Å². The quantitative estimate of drug-likeness (QED) is 0.367. The van der Waals surface area contributed by atoms with E-state index in [0.717, 1.165) is 25.5 Å². The zero-order valence-corrected chi connectivity index (χ0v) is 19.2. The maximum Gasteiger partial charge on any atom is 0.221 e. The molecule has 2 N–H and O–H groups in total. The van der Waals surface area contributed by atoms with Crippen LogP contribution < -0.4 is 10.6 Å². The highest BCUT2D eigenvalue weighted by atomic mass is 127. The molecule has 2 unspecified atom stereocenters. The molecule has 2 atom stereocenters. The summed E-state index contributed by atoms with van der Waals surface area (Å²) in [5.74, 6) is 0.894. The lowest BCUT2D eigenvalue weighted by Crippen LogP contribution is -2.49. The van der Waals surface area contributed by atoms with Crippen LogP contribution in [-0.2, 0) is 9.53 Å². The number of carbonyl (C=O) groups is 1. The molecule has 1 fully saturated rings. The van der Waals surface area contributed by atoms with Gasteiger partial charge in [-0.2, -0.15) is 0 Å². The molecule has 1 aliphatic heterocycles. The Balaban J connectivity index is 0.00000364. The topological polar surface area (TPSA) is 66.0 Å². The molecule has 1 heterocycles. The third-order valence-electron chi connectivity index (χ3n) is 4.77. The van der Waals surface area contributed by atoms with Gasteiger partial charge in [0.2, 0.25) is 5.91 Å². The number of carbonyl (C=O) groups excluding carboxylic acids is 1. The molecule has 0 aliphatic carbocycles. The molecule has 6 nitrogen and oxygen atoms in total. The number of halogens is 1. The molecule has 0 aromatic heterocycles. The molecule has 0 radical (unpaired) electrons. The highest BCUT2D eigenvalue weighted by Gasteiger charge is 2.25. The van der Waals surface area contributed by atoms with Crippen molar-refractivity contribution in [2.75, 3.05) is 33.3 Å². The zero-order chi connectivity index (χ0) is 18.9. The number of hydrogen-bond acceptors (Lipinski definition) is 3. The molecular formula is C20H33IN4O2. The lowest BCUT2D eigenvalue weighted by atomic mass is 10.0. The summed E-state index contributed by atoms with van der Waals surface area (Å²) in [5.41, 5.74) is 2.46. The summed E-state index contributed by atoms with van der Waals surface area (Å²) in [7, 11) is 1.78. The highest BCUT2D eigenvalue weighted by molar-refractivity contribution is 14.0. The standard InChI is InChI=1S/C20H32N4O2.HI/c1-5-16(3)23-19(25)10-11-22-20(21-4)24-12-13-26-18(14-24)17-9-7-6-8-15(17)2;/h6-9,16,18H,5,10-14H2,1-4H3,(H,21,22)(H,23,25);1H. The number of rotatable bonds is 6. The summed E-state index contributed by atoms with van der Waals surface area (Å²) in [6, 6.07) is 8.55. The Kier molecular flexibility index (Phi) is 10.7. The van der Waals surface area contributed by atoms with Gasteiger partial charge in [-0.25, -0.2) is 0 Å². The normalized spacial score (nSPS) is 18.4. The van der Waals surface area contributed by atoms with E-state index in [1.165, 1.54) is 11.1 Å². The van der Waals surface area contributed by atoms with Crippen molar-refractivity contribution in [1.82, 2.24) is 15.5 Å². The Hall–Kier alpha value is -1.35. The van der Waals surface area contributed by atoms with Crippen LogP contribution in [0.5, 0.6) is 0 Å². The van der Waals surface area contributed by atoms with Crippen molar-refractivity contribution >= 4 is 35.8 Å². The Morgan fingerprint density at radius 1 is 1.41 bits per heavy atom. The lowest BCUT2D eigenvalue weighted by molar-refractivity contribution is -0.121. The molecule has 1 aromatic carbocycles. The van der Waals surface area contributed by atoms with Gasteiger partial charge in [-0.3, -0.25) is 9.79 Å². The summed E-state index contributed by atoms with van der Waals surface area (Å²) in [6.07, 6.45) is 1.42. The van der Waals surface area contributed by atoms with Gasteiger partial charge >= 0.3 is 0 Å². The third-order valence-corrected chi connectivity index (χ3v) is 4.77. The van der Waals surface area contributed by atoms with Crippen molar-refractivity contribution in [2.24, 2.45) is 4.99 Å². The van der Waals surface area contributed by atoms with E-state index in [0.29, 0.717) is 19.6 Å². The first-order valence-electron chi connectivity index (χ1n) is 9.47. The van der Waals surface area contributed by atoms with E-state index in [9.17, 15) is 4.79 Å². The summed E-state index contributed by atoms with van der Waals surface area (Å²) < 4.78 is 5.98. The van der Waals surface area contributed by atoms with E-state index >= 15 is 0 Å². The molecule has 152 valence electrons.